The Labute approximate surface area is 172 Å². The van der Waals surface area contributed by atoms with E-state index in [-0.39, 0.29) is 4.75 Å². The Morgan fingerprint density at radius 3 is 2.52 bits per heavy atom. The van der Waals surface area contributed by atoms with Crippen molar-refractivity contribution >= 4 is 23.4 Å². The van der Waals surface area contributed by atoms with Gasteiger partial charge in [0.2, 0.25) is 0 Å². The second kappa shape index (κ2) is 8.99. The van der Waals surface area contributed by atoms with E-state index >= 15 is 0 Å². The zero-order valence-corrected chi connectivity index (χ0v) is 17.8. The van der Waals surface area contributed by atoms with E-state index in [9.17, 15) is 0 Å². The molecule has 1 unspecified atom stereocenters. The quantitative estimate of drug-likeness (QED) is 0.386. The monoisotopic (exact) mass is 398 g/mol. The minimum atomic E-state index is 0.0608. The summed E-state index contributed by atoms with van der Waals surface area (Å²) in [6.45, 7) is 7.82. The predicted molar refractivity (Wildman–Crippen MR) is 117 cm³/mol. The average Bonchev–Trinajstić information content (AvgIpc) is 3.14. The van der Waals surface area contributed by atoms with Gasteiger partial charge in [-0.3, -0.25) is 0 Å². The molecule has 3 aromatic rings. The molecule has 4 heteroatoms. The molecule has 1 atom stereocenters. The third-order valence-corrected chi connectivity index (χ3v) is 6.50. The standard InChI is InChI=1S/C23H27ClN2S/c1-18(2)21-6-4-5-7-22(21)27-23(3,16-26-15-14-25-17-26)13-12-19-8-10-20(24)11-9-19/h4-11,14-15,17-18H,12-13,16H2,1-3H3. The fourth-order valence-electron chi connectivity index (χ4n) is 3.30. The summed E-state index contributed by atoms with van der Waals surface area (Å²) in [5.41, 5.74) is 2.75. The fourth-order valence-corrected chi connectivity index (χ4v) is 4.95. The molecule has 2 aromatic carbocycles. The Morgan fingerprint density at radius 1 is 1.11 bits per heavy atom. The van der Waals surface area contributed by atoms with Gasteiger partial charge in [-0.25, -0.2) is 4.98 Å². The van der Waals surface area contributed by atoms with Crippen LogP contribution in [-0.4, -0.2) is 14.3 Å². The molecule has 0 aliphatic heterocycles. The number of nitrogens with zero attached hydrogens (tertiary/aromatic N) is 2. The van der Waals surface area contributed by atoms with Crippen molar-refractivity contribution in [1.82, 2.24) is 9.55 Å². The van der Waals surface area contributed by atoms with Crippen LogP contribution in [0.2, 0.25) is 5.02 Å². The maximum Gasteiger partial charge on any atom is 0.0946 e. The topological polar surface area (TPSA) is 17.8 Å². The molecule has 27 heavy (non-hydrogen) atoms. The van der Waals surface area contributed by atoms with Crippen molar-refractivity contribution in [3.8, 4) is 0 Å². The van der Waals surface area contributed by atoms with E-state index in [0.717, 1.165) is 24.4 Å². The number of halogens is 1. The van der Waals surface area contributed by atoms with Crippen LogP contribution in [0.15, 0.2) is 72.1 Å². The molecule has 0 spiro atoms. The number of imidazole rings is 1. The van der Waals surface area contributed by atoms with Gasteiger partial charge in [-0.1, -0.05) is 55.8 Å². The molecule has 0 amide bonds. The van der Waals surface area contributed by atoms with Gasteiger partial charge in [-0.15, -0.1) is 11.8 Å². The zero-order valence-electron chi connectivity index (χ0n) is 16.2. The molecule has 142 valence electrons. The summed E-state index contributed by atoms with van der Waals surface area (Å²) >= 11 is 8.03. The van der Waals surface area contributed by atoms with Crippen LogP contribution in [0.3, 0.4) is 0 Å². The Kier molecular flexibility index (Phi) is 6.67. The molecule has 3 rings (SSSR count). The molecule has 1 heterocycles. The van der Waals surface area contributed by atoms with Crippen molar-refractivity contribution in [2.75, 3.05) is 0 Å². The van der Waals surface area contributed by atoms with E-state index in [0.29, 0.717) is 5.92 Å². The van der Waals surface area contributed by atoms with Crippen LogP contribution in [-0.2, 0) is 13.0 Å². The van der Waals surface area contributed by atoms with Gasteiger partial charge in [0.1, 0.15) is 0 Å². The van der Waals surface area contributed by atoms with Crippen LogP contribution in [0.4, 0.5) is 0 Å². The largest absolute Gasteiger partial charge is 0.336 e. The third kappa shape index (κ3) is 5.63. The number of hydrogen-bond donors (Lipinski definition) is 0. The van der Waals surface area contributed by atoms with Crippen molar-refractivity contribution in [2.24, 2.45) is 0 Å². The average molecular weight is 399 g/mol. The number of hydrogen-bond acceptors (Lipinski definition) is 2. The molecule has 0 fully saturated rings. The first-order chi connectivity index (χ1) is 13.0. The fraction of sp³-hybridized carbons (Fsp3) is 0.348. The lowest BCUT2D eigenvalue weighted by atomic mass is 10.00. The summed E-state index contributed by atoms with van der Waals surface area (Å²) in [6, 6.07) is 17.0. The second-order valence-electron chi connectivity index (χ2n) is 7.61. The molecule has 0 N–H and O–H groups in total. The summed E-state index contributed by atoms with van der Waals surface area (Å²) in [5.74, 6) is 0.516. The summed E-state index contributed by atoms with van der Waals surface area (Å²) in [7, 11) is 0. The Hall–Kier alpha value is -1.71. The molecule has 0 aliphatic rings. The third-order valence-electron chi connectivity index (χ3n) is 4.83. The van der Waals surface area contributed by atoms with Crippen LogP contribution in [0, 0.1) is 0 Å². The van der Waals surface area contributed by atoms with Gasteiger partial charge in [0.25, 0.3) is 0 Å². The highest BCUT2D eigenvalue weighted by Crippen LogP contribution is 2.41. The van der Waals surface area contributed by atoms with Crippen molar-refractivity contribution < 1.29 is 0 Å². The maximum atomic E-state index is 6.04. The van der Waals surface area contributed by atoms with E-state index < -0.39 is 0 Å². The van der Waals surface area contributed by atoms with E-state index in [1.165, 1.54) is 16.0 Å². The van der Waals surface area contributed by atoms with Crippen LogP contribution in [0.1, 0.15) is 44.2 Å². The molecular weight excluding hydrogens is 372 g/mol. The van der Waals surface area contributed by atoms with Crippen molar-refractivity contribution in [1.29, 1.82) is 0 Å². The molecule has 0 radical (unpaired) electrons. The molecule has 0 saturated carbocycles. The molecule has 1 aromatic heterocycles. The van der Waals surface area contributed by atoms with E-state index in [4.69, 9.17) is 11.6 Å². The first-order valence-electron chi connectivity index (χ1n) is 9.43. The van der Waals surface area contributed by atoms with Gasteiger partial charge in [-0.05, 0) is 55.0 Å². The van der Waals surface area contributed by atoms with Gasteiger partial charge in [-0.2, -0.15) is 0 Å². The van der Waals surface area contributed by atoms with Gasteiger partial charge < -0.3 is 4.57 Å². The van der Waals surface area contributed by atoms with Gasteiger partial charge in [0, 0.05) is 33.6 Å². The number of rotatable bonds is 8. The molecule has 0 bridgehead atoms. The maximum absolute atomic E-state index is 6.04. The number of aryl methyl sites for hydroxylation is 1. The SMILES string of the molecule is CC(C)c1ccccc1SC(C)(CCc1ccc(Cl)cc1)Cn1ccnc1. The molecule has 0 saturated heterocycles. The Morgan fingerprint density at radius 2 is 1.85 bits per heavy atom. The van der Waals surface area contributed by atoms with Gasteiger partial charge >= 0.3 is 0 Å². The van der Waals surface area contributed by atoms with Crippen LogP contribution < -0.4 is 0 Å². The molecule has 2 nitrogen and oxygen atoms in total. The Balaban J connectivity index is 1.82. The first kappa shape index (κ1) is 20.0. The minimum absolute atomic E-state index is 0.0608. The summed E-state index contributed by atoms with van der Waals surface area (Å²) in [5, 5.41) is 0.792. The highest BCUT2D eigenvalue weighted by atomic mass is 35.5. The zero-order chi connectivity index (χ0) is 19.3. The van der Waals surface area contributed by atoms with Crippen molar-refractivity contribution in [3.63, 3.8) is 0 Å². The van der Waals surface area contributed by atoms with Crippen LogP contribution in [0.5, 0.6) is 0 Å². The normalized spacial score (nSPS) is 13.7. The molecular formula is C23H27ClN2S. The summed E-state index contributed by atoms with van der Waals surface area (Å²) < 4.78 is 2.25. The predicted octanol–water partition coefficient (Wildman–Crippen LogP) is 6.84. The molecule has 0 aliphatic carbocycles. The van der Waals surface area contributed by atoms with Gasteiger partial charge in [0.05, 0.1) is 6.33 Å². The highest BCUT2D eigenvalue weighted by molar-refractivity contribution is 8.00. The van der Waals surface area contributed by atoms with Crippen molar-refractivity contribution in [3.05, 3.63) is 83.4 Å². The number of thioether (sulfide) groups is 1. The number of benzene rings is 2. The van der Waals surface area contributed by atoms with E-state index in [2.05, 4.69) is 72.9 Å². The Bertz CT molecular complexity index is 843. The van der Waals surface area contributed by atoms with Crippen LogP contribution >= 0.6 is 23.4 Å². The van der Waals surface area contributed by atoms with E-state index in [1.54, 1.807) is 0 Å². The second-order valence-corrected chi connectivity index (χ2v) is 9.67. The number of aromatic nitrogens is 2. The van der Waals surface area contributed by atoms with Gasteiger partial charge in [0.15, 0.2) is 0 Å². The minimum Gasteiger partial charge on any atom is -0.336 e. The summed E-state index contributed by atoms with van der Waals surface area (Å²) in [4.78, 5) is 5.61. The summed E-state index contributed by atoms with van der Waals surface area (Å²) in [6.07, 6.45) is 7.92. The lowest BCUT2D eigenvalue weighted by Gasteiger charge is -2.31. The smallest absolute Gasteiger partial charge is 0.0946 e. The first-order valence-corrected chi connectivity index (χ1v) is 10.6. The van der Waals surface area contributed by atoms with E-state index in [1.807, 2.05) is 36.4 Å². The lowest BCUT2D eigenvalue weighted by molar-refractivity contribution is 0.495. The van der Waals surface area contributed by atoms with Crippen LogP contribution in [0.25, 0.3) is 0 Å². The van der Waals surface area contributed by atoms with Crippen molar-refractivity contribution in [2.45, 2.75) is 55.7 Å². The highest BCUT2D eigenvalue weighted by Gasteiger charge is 2.27. The lowest BCUT2D eigenvalue weighted by Crippen LogP contribution is -2.27.